The van der Waals surface area contributed by atoms with Gasteiger partial charge < -0.3 is 24.5 Å². The van der Waals surface area contributed by atoms with Crippen LogP contribution in [0.4, 0.5) is 0 Å². The lowest BCUT2D eigenvalue weighted by molar-refractivity contribution is -0.142. The second kappa shape index (κ2) is 6.61. The molecule has 8 heteroatoms. The molecule has 24 heavy (non-hydrogen) atoms. The van der Waals surface area contributed by atoms with Crippen LogP contribution in [0, 0.1) is 0 Å². The number of aromatic hydroxyl groups is 1. The smallest absolute Gasteiger partial charge is 0.328 e. The molecule has 0 saturated carbocycles. The van der Waals surface area contributed by atoms with Crippen molar-refractivity contribution in [3.8, 4) is 11.5 Å². The Labute approximate surface area is 137 Å². The molecule has 1 heterocycles. The molecule has 1 unspecified atom stereocenters. The zero-order chi connectivity index (χ0) is 18.0. The number of carbonyl (C=O) groups is 2. The predicted molar refractivity (Wildman–Crippen MR) is 86.4 cm³/mol. The molecule has 128 valence electrons. The zero-order valence-corrected chi connectivity index (χ0v) is 13.7. The molecule has 2 N–H and O–H groups in total. The highest BCUT2D eigenvalue weighted by atomic mass is 16.5. The van der Waals surface area contributed by atoms with E-state index in [2.05, 4.69) is 10.1 Å². The molecule has 0 aliphatic heterocycles. The van der Waals surface area contributed by atoms with E-state index in [0.29, 0.717) is 11.3 Å². The second-order valence-corrected chi connectivity index (χ2v) is 5.16. The van der Waals surface area contributed by atoms with Gasteiger partial charge in [0.25, 0.3) is 11.5 Å². The predicted octanol–water partition coefficient (Wildman–Crippen LogP) is 0.544. The first-order valence-electron chi connectivity index (χ1n) is 7.10. The summed E-state index contributed by atoms with van der Waals surface area (Å²) in [5, 5.41) is 13.0. The fourth-order valence-corrected chi connectivity index (χ4v) is 2.42. The summed E-state index contributed by atoms with van der Waals surface area (Å²) >= 11 is 0. The number of esters is 1. The Morgan fingerprint density at radius 1 is 1.29 bits per heavy atom. The van der Waals surface area contributed by atoms with Crippen LogP contribution in [-0.2, 0) is 16.6 Å². The summed E-state index contributed by atoms with van der Waals surface area (Å²) in [6.07, 6.45) is 0. The SMILES string of the molecule is COC(=O)C(C)NC(=O)c1c(O)c2c(OC)cccc2n(C)c1=O. The van der Waals surface area contributed by atoms with Crippen molar-refractivity contribution in [3.63, 3.8) is 0 Å². The van der Waals surface area contributed by atoms with Gasteiger partial charge in [-0.15, -0.1) is 0 Å². The normalized spacial score (nSPS) is 11.8. The number of aromatic nitrogens is 1. The molecule has 0 fully saturated rings. The van der Waals surface area contributed by atoms with Crippen molar-refractivity contribution in [1.82, 2.24) is 9.88 Å². The third kappa shape index (κ3) is 2.78. The van der Waals surface area contributed by atoms with E-state index < -0.39 is 34.8 Å². The number of nitrogens with one attached hydrogen (secondary N) is 1. The van der Waals surface area contributed by atoms with Gasteiger partial charge in [0.1, 0.15) is 23.1 Å². The van der Waals surface area contributed by atoms with Crippen LogP contribution in [0.25, 0.3) is 10.9 Å². The molecule has 0 spiro atoms. The molecule has 0 aliphatic rings. The van der Waals surface area contributed by atoms with Crippen molar-refractivity contribution in [2.75, 3.05) is 14.2 Å². The molecule has 0 saturated heterocycles. The van der Waals surface area contributed by atoms with Gasteiger partial charge in [-0.1, -0.05) is 6.07 Å². The van der Waals surface area contributed by atoms with Gasteiger partial charge in [-0.25, -0.2) is 4.79 Å². The number of ether oxygens (including phenoxy) is 2. The number of benzene rings is 1. The summed E-state index contributed by atoms with van der Waals surface area (Å²) in [5.74, 6) is -1.73. The Morgan fingerprint density at radius 2 is 1.96 bits per heavy atom. The summed E-state index contributed by atoms with van der Waals surface area (Å²) < 4.78 is 10.9. The largest absolute Gasteiger partial charge is 0.506 e. The Kier molecular flexibility index (Phi) is 4.77. The summed E-state index contributed by atoms with van der Waals surface area (Å²) in [6, 6.07) is 3.92. The molecule has 1 aromatic carbocycles. The maximum atomic E-state index is 12.5. The number of carbonyl (C=O) groups excluding carboxylic acids is 2. The maximum Gasteiger partial charge on any atom is 0.328 e. The number of hydrogen-bond donors (Lipinski definition) is 2. The van der Waals surface area contributed by atoms with Gasteiger partial charge in [0.2, 0.25) is 0 Å². The minimum Gasteiger partial charge on any atom is -0.506 e. The van der Waals surface area contributed by atoms with Gasteiger partial charge >= 0.3 is 5.97 Å². The summed E-state index contributed by atoms with van der Waals surface area (Å²) in [4.78, 5) is 36.3. The number of pyridine rings is 1. The van der Waals surface area contributed by atoms with E-state index in [1.165, 1.54) is 32.8 Å². The second-order valence-electron chi connectivity index (χ2n) is 5.16. The Bertz CT molecular complexity index is 871. The lowest BCUT2D eigenvalue weighted by Crippen LogP contribution is -2.41. The molecule has 0 aliphatic carbocycles. The van der Waals surface area contributed by atoms with E-state index in [4.69, 9.17) is 4.74 Å². The third-order valence-electron chi connectivity index (χ3n) is 3.71. The highest BCUT2D eigenvalue weighted by Crippen LogP contribution is 2.33. The van der Waals surface area contributed by atoms with Gasteiger partial charge in [-0.2, -0.15) is 0 Å². The van der Waals surface area contributed by atoms with Gasteiger partial charge in [-0.05, 0) is 19.1 Å². The fourth-order valence-electron chi connectivity index (χ4n) is 2.42. The minimum absolute atomic E-state index is 0.234. The molecule has 2 rings (SSSR count). The molecule has 1 amide bonds. The van der Waals surface area contributed by atoms with Crippen LogP contribution >= 0.6 is 0 Å². The maximum absolute atomic E-state index is 12.5. The quantitative estimate of drug-likeness (QED) is 0.791. The zero-order valence-electron chi connectivity index (χ0n) is 13.7. The topological polar surface area (TPSA) is 107 Å². The molecule has 0 bridgehead atoms. The lowest BCUT2D eigenvalue weighted by atomic mass is 10.1. The van der Waals surface area contributed by atoms with E-state index in [0.717, 1.165) is 0 Å². The van der Waals surface area contributed by atoms with Gasteiger partial charge in [0.05, 0.1) is 25.1 Å². The van der Waals surface area contributed by atoms with E-state index in [1.807, 2.05) is 0 Å². The molecule has 2 aromatic rings. The number of rotatable bonds is 4. The van der Waals surface area contributed by atoms with Crippen LogP contribution < -0.4 is 15.6 Å². The Balaban J connectivity index is 2.65. The Hall–Kier alpha value is -3.03. The first-order chi connectivity index (χ1) is 11.3. The van der Waals surface area contributed by atoms with E-state index >= 15 is 0 Å². The van der Waals surface area contributed by atoms with E-state index in [1.54, 1.807) is 18.2 Å². The monoisotopic (exact) mass is 334 g/mol. The van der Waals surface area contributed by atoms with Crippen LogP contribution in [0.5, 0.6) is 11.5 Å². The van der Waals surface area contributed by atoms with Crippen molar-refractivity contribution in [2.24, 2.45) is 7.05 Å². The third-order valence-corrected chi connectivity index (χ3v) is 3.71. The molecule has 8 nitrogen and oxygen atoms in total. The molecule has 1 atom stereocenters. The highest BCUT2D eigenvalue weighted by Gasteiger charge is 2.25. The van der Waals surface area contributed by atoms with Crippen molar-refractivity contribution in [1.29, 1.82) is 0 Å². The standard InChI is InChI=1S/C16H18N2O6/c1-8(16(22)24-4)17-14(20)12-13(19)11-9(18(2)15(12)21)6-5-7-10(11)23-3/h5-8,19H,1-4H3,(H,17,20). The van der Waals surface area contributed by atoms with Crippen LogP contribution in [0.15, 0.2) is 23.0 Å². The van der Waals surface area contributed by atoms with Crippen LogP contribution in [-0.4, -0.2) is 41.8 Å². The molecule has 0 radical (unpaired) electrons. The van der Waals surface area contributed by atoms with Crippen molar-refractivity contribution >= 4 is 22.8 Å². The fraction of sp³-hybridized carbons (Fsp3) is 0.312. The number of nitrogens with zero attached hydrogens (tertiary/aromatic N) is 1. The molecular weight excluding hydrogens is 316 g/mol. The number of hydrogen-bond acceptors (Lipinski definition) is 6. The summed E-state index contributed by atoms with van der Waals surface area (Å²) in [6.45, 7) is 1.41. The van der Waals surface area contributed by atoms with Gasteiger partial charge in [-0.3, -0.25) is 9.59 Å². The first kappa shape index (κ1) is 17.3. The van der Waals surface area contributed by atoms with E-state index in [-0.39, 0.29) is 5.39 Å². The summed E-state index contributed by atoms with van der Waals surface area (Å²) in [7, 11) is 4.07. The Morgan fingerprint density at radius 3 is 2.54 bits per heavy atom. The minimum atomic E-state index is -0.972. The van der Waals surface area contributed by atoms with Crippen LogP contribution in [0.1, 0.15) is 17.3 Å². The van der Waals surface area contributed by atoms with Gasteiger partial charge in [0, 0.05) is 7.05 Å². The van der Waals surface area contributed by atoms with E-state index in [9.17, 15) is 19.5 Å². The lowest BCUT2D eigenvalue weighted by Gasteiger charge is -2.15. The number of methoxy groups -OCH3 is 2. The number of amides is 1. The van der Waals surface area contributed by atoms with Gasteiger partial charge in [0.15, 0.2) is 0 Å². The average molecular weight is 334 g/mol. The first-order valence-corrected chi connectivity index (χ1v) is 7.10. The molecule has 1 aromatic heterocycles. The van der Waals surface area contributed by atoms with Crippen molar-refractivity contribution in [3.05, 3.63) is 34.1 Å². The highest BCUT2D eigenvalue weighted by molar-refractivity contribution is 6.05. The van der Waals surface area contributed by atoms with Crippen LogP contribution in [0.3, 0.4) is 0 Å². The summed E-state index contributed by atoms with van der Waals surface area (Å²) in [5.41, 5.74) is -0.748. The van der Waals surface area contributed by atoms with Crippen LogP contribution in [0.2, 0.25) is 0 Å². The average Bonchev–Trinajstić information content (AvgIpc) is 2.58. The number of aryl methyl sites for hydroxylation is 1. The molecular formula is C16H18N2O6. The van der Waals surface area contributed by atoms with Crippen molar-refractivity contribution in [2.45, 2.75) is 13.0 Å². The number of fused-ring (bicyclic) bond motifs is 1. The van der Waals surface area contributed by atoms with Crippen molar-refractivity contribution < 1.29 is 24.2 Å².